The Balaban J connectivity index is 1.33. The second-order valence-corrected chi connectivity index (χ2v) is 8.57. The number of imidazole rings is 1. The van der Waals surface area contributed by atoms with Gasteiger partial charge in [0.05, 0.1) is 24.4 Å². The molecule has 1 aliphatic carbocycles. The van der Waals surface area contributed by atoms with Crippen molar-refractivity contribution in [1.82, 2.24) is 24.4 Å². The van der Waals surface area contributed by atoms with E-state index in [4.69, 9.17) is 4.74 Å². The summed E-state index contributed by atoms with van der Waals surface area (Å²) in [6, 6.07) is 7.48. The molecule has 0 bridgehead atoms. The van der Waals surface area contributed by atoms with E-state index in [-0.39, 0.29) is 0 Å². The third-order valence-electron chi connectivity index (χ3n) is 6.49. The number of benzene rings is 1. The van der Waals surface area contributed by atoms with Crippen molar-refractivity contribution in [2.24, 2.45) is 7.05 Å². The molecule has 2 fully saturated rings. The van der Waals surface area contributed by atoms with E-state index < -0.39 is 0 Å². The molecule has 0 atom stereocenters. The minimum absolute atomic E-state index is 0.458. The highest BCUT2D eigenvalue weighted by molar-refractivity contribution is 5.92. The molecule has 7 nitrogen and oxygen atoms in total. The third-order valence-corrected chi connectivity index (χ3v) is 6.49. The number of anilines is 1. The van der Waals surface area contributed by atoms with Gasteiger partial charge in [0.1, 0.15) is 18.0 Å². The van der Waals surface area contributed by atoms with Gasteiger partial charge in [-0.25, -0.2) is 15.0 Å². The zero-order valence-electron chi connectivity index (χ0n) is 17.8. The molecule has 3 heterocycles. The Hall–Kier alpha value is -2.51. The molecule has 1 saturated heterocycles. The van der Waals surface area contributed by atoms with Gasteiger partial charge >= 0.3 is 0 Å². The number of ether oxygens (including phenoxy) is 1. The van der Waals surface area contributed by atoms with Gasteiger partial charge in [0.15, 0.2) is 0 Å². The topological polar surface area (TPSA) is 68.1 Å². The highest BCUT2D eigenvalue weighted by Crippen LogP contribution is 2.30. The minimum atomic E-state index is 0.458. The van der Waals surface area contributed by atoms with E-state index in [2.05, 4.69) is 47.9 Å². The van der Waals surface area contributed by atoms with E-state index in [0.717, 1.165) is 60.1 Å². The van der Waals surface area contributed by atoms with Gasteiger partial charge < -0.3 is 14.6 Å². The summed E-state index contributed by atoms with van der Waals surface area (Å²) in [6.07, 6.45) is 8.52. The Kier molecular flexibility index (Phi) is 5.39. The summed E-state index contributed by atoms with van der Waals surface area (Å²) >= 11 is 0. The monoisotopic (exact) mass is 406 g/mol. The molecule has 158 valence electrons. The van der Waals surface area contributed by atoms with Gasteiger partial charge in [-0.3, -0.25) is 4.90 Å². The van der Waals surface area contributed by atoms with Crippen LogP contribution in [0.2, 0.25) is 0 Å². The predicted octanol–water partition coefficient (Wildman–Crippen LogP) is 3.39. The lowest BCUT2D eigenvalue weighted by Crippen LogP contribution is -2.46. The fourth-order valence-electron chi connectivity index (χ4n) is 4.92. The first-order valence-electron chi connectivity index (χ1n) is 11.0. The lowest BCUT2D eigenvalue weighted by molar-refractivity contribution is 0.00791. The molecule has 0 amide bonds. The zero-order valence-corrected chi connectivity index (χ0v) is 17.8. The van der Waals surface area contributed by atoms with Gasteiger partial charge in [-0.15, -0.1) is 0 Å². The van der Waals surface area contributed by atoms with Crippen molar-refractivity contribution < 1.29 is 4.74 Å². The molecule has 5 rings (SSSR count). The second-order valence-electron chi connectivity index (χ2n) is 8.57. The predicted molar refractivity (Wildman–Crippen MR) is 119 cm³/mol. The van der Waals surface area contributed by atoms with Crippen molar-refractivity contribution in [1.29, 1.82) is 0 Å². The Morgan fingerprint density at radius 3 is 2.60 bits per heavy atom. The Bertz CT molecular complexity index is 1020. The smallest absolute Gasteiger partial charge is 0.139 e. The molecule has 30 heavy (non-hydrogen) atoms. The number of rotatable bonds is 4. The van der Waals surface area contributed by atoms with Crippen LogP contribution in [-0.4, -0.2) is 62.8 Å². The molecular formula is C23H30N6O. The molecular weight excluding hydrogens is 376 g/mol. The summed E-state index contributed by atoms with van der Waals surface area (Å²) in [7, 11) is 2.03. The number of nitrogens with zero attached hydrogens (tertiary/aromatic N) is 5. The molecule has 0 unspecified atom stereocenters. The van der Waals surface area contributed by atoms with Crippen LogP contribution in [0.1, 0.15) is 31.4 Å². The molecule has 2 aromatic heterocycles. The van der Waals surface area contributed by atoms with Crippen LogP contribution in [0, 0.1) is 6.92 Å². The number of aromatic nitrogens is 4. The van der Waals surface area contributed by atoms with Crippen molar-refractivity contribution in [2.75, 3.05) is 31.6 Å². The SMILES string of the molecule is Cc1cn(C)c(-c2ccc3ncnc(N[C@H]4CC[C@H](N5CCOCC5)CC4)c3c2)n1. The van der Waals surface area contributed by atoms with Crippen molar-refractivity contribution in [3.63, 3.8) is 0 Å². The minimum Gasteiger partial charge on any atom is -0.379 e. The molecule has 2 aliphatic rings. The number of aryl methyl sites for hydroxylation is 2. The largest absolute Gasteiger partial charge is 0.379 e. The van der Waals surface area contributed by atoms with E-state index in [0.29, 0.717) is 12.1 Å². The maximum atomic E-state index is 5.51. The van der Waals surface area contributed by atoms with Gasteiger partial charge in [-0.2, -0.15) is 0 Å². The first kappa shape index (κ1) is 19.5. The average Bonchev–Trinajstić information content (AvgIpc) is 3.13. The lowest BCUT2D eigenvalue weighted by atomic mass is 9.90. The summed E-state index contributed by atoms with van der Waals surface area (Å²) in [6.45, 7) is 5.93. The van der Waals surface area contributed by atoms with Crippen LogP contribution >= 0.6 is 0 Å². The van der Waals surface area contributed by atoms with Crippen LogP contribution in [-0.2, 0) is 11.8 Å². The van der Waals surface area contributed by atoms with E-state index in [1.807, 2.05) is 20.2 Å². The highest BCUT2D eigenvalue weighted by Gasteiger charge is 2.27. The molecule has 3 aromatic rings. The van der Waals surface area contributed by atoms with Crippen LogP contribution in [0.3, 0.4) is 0 Å². The molecule has 7 heteroatoms. The van der Waals surface area contributed by atoms with Crippen molar-refractivity contribution >= 4 is 16.7 Å². The van der Waals surface area contributed by atoms with Crippen molar-refractivity contribution in [3.05, 3.63) is 36.4 Å². The van der Waals surface area contributed by atoms with E-state index >= 15 is 0 Å². The summed E-state index contributed by atoms with van der Waals surface area (Å²) in [4.78, 5) is 16.4. The normalized spacial score (nSPS) is 23.0. The van der Waals surface area contributed by atoms with Crippen LogP contribution in [0.25, 0.3) is 22.3 Å². The summed E-state index contributed by atoms with van der Waals surface area (Å²) in [5, 5.41) is 4.79. The Morgan fingerprint density at radius 1 is 1.07 bits per heavy atom. The first-order valence-corrected chi connectivity index (χ1v) is 11.0. The zero-order chi connectivity index (χ0) is 20.5. The molecule has 0 spiro atoms. The Labute approximate surface area is 177 Å². The maximum Gasteiger partial charge on any atom is 0.139 e. The maximum absolute atomic E-state index is 5.51. The second kappa shape index (κ2) is 8.32. The van der Waals surface area contributed by atoms with Crippen LogP contribution in [0.15, 0.2) is 30.7 Å². The molecule has 0 radical (unpaired) electrons. The molecule has 1 saturated carbocycles. The number of fused-ring (bicyclic) bond motifs is 1. The molecule has 1 N–H and O–H groups in total. The summed E-state index contributed by atoms with van der Waals surface area (Å²) < 4.78 is 7.58. The van der Waals surface area contributed by atoms with Crippen LogP contribution < -0.4 is 5.32 Å². The van der Waals surface area contributed by atoms with Gasteiger partial charge in [-0.1, -0.05) is 0 Å². The van der Waals surface area contributed by atoms with Gasteiger partial charge in [0.25, 0.3) is 0 Å². The van der Waals surface area contributed by atoms with E-state index in [1.54, 1.807) is 6.33 Å². The van der Waals surface area contributed by atoms with Crippen LogP contribution in [0.4, 0.5) is 5.82 Å². The van der Waals surface area contributed by atoms with E-state index in [9.17, 15) is 0 Å². The van der Waals surface area contributed by atoms with Crippen molar-refractivity contribution in [2.45, 2.75) is 44.7 Å². The van der Waals surface area contributed by atoms with Gasteiger partial charge in [0.2, 0.25) is 0 Å². The summed E-state index contributed by atoms with van der Waals surface area (Å²) in [5.74, 6) is 1.90. The standard InChI is InChI=1S/C23H30N6O/c1-16-14-28(2)23(26-16)17-3-8-21-20(13-17)22(25-15-24-21)27-18-4-6-19(7-5-18)29-9-11-30-12-10-29/h3,8,13-15,18-19H,4-7,9-12H2,1-2H3,(H,24,25,27)/t18-,19-. The van der Waals surface area contributed by atoms with Gasteiger partial charge in [-0.05, 0) is 50.8 Å². The first-order chi connectivity index (χ1) is 14.7. The molecule has 1 aromatic carbocycles. The number of morpholine rings is 1. The quantitative estimate of drug-likeness (QED) is 0.716. The van der Waals surface area contributed by atoms with Gasteiger partial charge in [0, 0.05) is 49.4 Å². The lowest BCUT2D eigenvalue weighted by Gasteiger charge is -2.39. The highest BCUT2D eigenvalue weighted by atomic mass is 16.5. The number of hydrogen-bond donors (Lipinski definition) is 1. The fraction of sp³-hybridized carbons (Fsp3) is 0.522. The Morgan fingerprint density at radius 2 is 1.87 bits per heavy atom. The van der Waals surface area contributed by atoms with E-state index in [1.165, 1.54) is 25.7 Å². The van der Waals surface area contributed by atoms with Crippen LogP contribution in [0.5, 0.6) is 0 Å². The number of nitrogens with one attached hydrogen (secondary N) is 1. The number of hydrogen-bond acceptors (Lipinski definition) is 6. The average molecular weight is 407 g/mol. The summed E-state index contributed by atoms with van der Waals surface area (Å²) in [5.41, 5.74) is 3.07. The fourth-order valence-corrected chi connectivity index (χ4v) is 4.92. The molecule has 1 aliphatic heterocycles. The third kappa shape index (κ3) is 3.91. The van der Waals surface area contributed by atoms with Crippen molar-refractivity contribution in [3.8, 4) is 11.4 Å².